The van der Waals surface area contributed by atoms with Crippen molar-refractivity contribution in [3.8, 4) is 0 Å². The highest BCUT2D eigenvalue weighted by Gasteiger charge is 2.24. The molecule has 0 atom stereocenters. The molecule has 0 spiro atoms. The fourth-order valence-corrected chi connectivity index (χ4v) is 4.20. The first-order valence-electron chi connectivity index (χ1n) is 8.47. The van der Waals surface area contributed by atoms with E-state index in [1.54, 1.807) is 48.5 Å². The van der Waals surface area contributed by atoms with Gasteiger partial charge in [-0.05, 0) is 31.2 Å². The van der Waals surface area contributed by atoms with Gasteiger partial charge in [0.15, 0.2) is 0 Å². The van der Waals surface area contributed by atoms with Crippen molar-refractivity contribution in [3.05, 3.63) is 65.9 Å². The summed E-state index contributed by atoms with van der Waals surface area (Å²) in [5.41, 5.74) is 1.70. The van der Waals surface area contributed by atoms with Crippen LogP contribution in [-0.2, 0) is 29.1 Å². The molecule has 0 amide bonds. The van der Waals surface area contributed by atoms with Crippen molar-refractivity contribution in [2.75, 3.05) is 0 Å². The number of benzene rings is 2. The molecule has 1 aromatic heterocycles. The van der Waals surface area contributed by atoms with Crippen molar-refractivity contribution >= 4 is 32.9 Å². The van der Waals surface area contributed by atoms with Crippen LogP contribution in [0.3, 0.4) is 0 Å². The van der Waals surface area contributed by atoms with E-state index < -0.39 is 28.3 Å². The van der Waals surface area contributed by atoms with Crippen molar-refractivity contribution < 1.29 is 27.5 Å². The molecular weight excluding hydrogens is 382 g/mol. The van der Waals surface area contributed by atoms with Crippen LogP contribution in [0, 0.1) is 6.92 Å². The predicted octanol–water partition coefficient (Wildman–Crippen LogP) is 3.31. The summed E-state index contributed by atoms with van der Waals surface area (Å²) in [7, 11) is -3.83. The minimum absolute atomic E-state index is 0.150. The van der Waals surface area contributed by atoms with Gasteiger partial charge >= 0.3 is 11.9 Å². The Morgan fingerprint density at radius 2 is 1.54 bits per heavy atom. The number of rotatable bonds is 5. The summed E-state index contributed by atoms with van der Waals surface area (Å²) in [4.78, 5) is 23.0. The third-order valence-corrected chi connectivity index (χ3v) is 5.81. The number of ether oxygens (including phenoxy) is 2. The zero-order valence-electron chi connectivity index (χ0n) is 15.6. The molecule has 0 unspecified atom stereocenters. The third-order valence-electron chi connectivity index (χ3n) is 4.11. The molecule has 7 nitrogen and oxygen atoms in total. The van der Waals surface area contributed by atoms with Gasteiger partial charge in [0.2, 0.25) is 0 Å². The lowest BCUT2D eigenvalue weighted by Crippen LogP contribution is -2.15. The van der Waals surface area contributed by atoms with Crippen LogP contribution in [0.2, 0.25) is 0 Å². The summed E-state index contributed by atoms with van der Waals surface area (Å²) >= 11 is 0. The minimum atomic E-state index is -3.83. The molecule has 0 radical (unpaired) electrons. The lowest BCUT2D eigenvalue weighted by molar-refractivity contribution is -0.186. The third kappa shape index (κ3) is 3.77. The van der Waals surface area contributed by atoms with Crippen LogP contribution in [0.15, 0.2) is 59.6 Å². The lowest BCUT2D eigenvalue weighted by atomic mass is 10.1. The highest BCUT2D eigenvalue weighted by Crippen LogP contribution is 2.30. The van der Waals surface area contributed by atoms with E-state index in [2.05, 4.69) is 0 Å². The summed E-state index contributed by atoms with van der Waals surface area (Å²) in [6.07, 6.45) is 0.152. The first-order valence-corrected chi connectivity index (χ1v) is 9.91. The van der Waals surface area contributed by atoms with Gasteiger partial charge in [0.1, 0.15) is 0 Å². The summed E-state index contributed by atoms with van der Waals surface area (Å²) < 4.78 is 37.5. The Kier molecular flexibility index (Phi) is 5.24. The van der Waals surface area contributed by atoms with Crippen molar-refractivity contribution in [1.29, 1.82) is 0 Å². The van der Waals surface area contributed by atoms with Crippen LogP contribution in [-0.4, -0.2) is 24.3 Å². The van der Waals surface area contributed by atoms with Crippen LogP contribution in [0.4, 0.5) is 0 Å². The van der Waals surface area contributed by atoms with Gasteiger partial charge in [-0.2, -0.15) is 0 Å². The number of hydrogen-bond acceptors (Lipinski definition) is 6. The monoisotopic (exact) mass is 401 g/mol. The fraction of sp³-hybridized carbons (Fsp3) is 0.200. The van der Waals surface area contributed by atoms with E-state index >= 15 is 0 Å². The molecule has 0 aliphatic carbocycles. The second-order valence-corrected chi connectivity index (χ2v) is 8.08. The minimum Gasteiger partial charge on any atom is -0.421 e. The molecule has 0 saturated carbocycles. The fourth-order valence-electron chi connectivity index (χ4n) is 2.86. The van der Waals surface area contributed by atoms with Gasteiger partial charge in [-0.3, -0.25) is 9.59 Å². The van der Waals surface area contributed by atoms with Gasteiger partial charge in [-0.15, -0.1) is 0 Å². The highest BCUT2D eigenvalue weighted by molar-refractivity contribution is 7.90. The maximum Gasteiger partial charge on any atom is 0.305 e. The van der Waals surface area contributed by atoms with Crippen molar-refractivity contribution in [2.45, 2.75) is 32.0 Å². The molecule has 1 heterocycles. The van der Waals surface area contributed by atoms with Gasteiger partial charge in [0.05, 0.1) is 10.4 Å². The van der Waals surface area contributed by atoms with Gasteiger partial charge in [0, 0.05) is 31.0 Å². The van der Waals surface area contributed by atoms with Gasteiger partial charge in [-0.1, -0.05) is 29.8 Å². The van der Waals surface area contributed by atoms with Gasteiger partial charge < -0.3 is 9.47 Å². The molecule has 8 heteroatoms. The number of fused-ring (bicyclic) bond motifs is 1. The summed E-state index contributed by atoms with van der Waals surface area (Å²) in [6, 6.07) is 13.0. The van der Waals surface area contributed by atoms with E-state index in [9.17, 15) is 18.0 Å². The Balaban J connectivity index is 2.13. The van der Waals surface area contributed by atoms with E-state index in [-0.39, 0.29) is 4.90 Å². The zero-order chi connectivity index (χ0) is 20.5. The number of esters is 2. The second kappa shape index (κ2) is 7.47. The van der Waals surface area contributed by atoms with E-state index in [0.717, 1.165) is 9.54 Å². The second-order valence-electron chi connectivity index (χ2n) is 6.26. The number of carbonyl (C=O) groups excluding carboxylic acids is 2. The molecule has 0 fully saturated rings. The topological polar surface area (TPSA) is 91.7 Å². The van der Waals surface area contributed by atoms with Gasteiger partial charge in [0.25, 0.3) is 16.3 Å². The normalized spacial score (nSPS) is 11.6. The van der Waals surface area contributed by atoms with E-state index in [1.165, 1.54) is 20.0 Å². The molecule has 28 heavy (non-hydrogen) atoms. The first kappa shape index (κ1) is 19.6. The van der Waals surface area contributed by atoms with Crippen molar-refractivity contribution in [3.63, 3.8) is 0 Å². The number of hydrogen-bond donors (Lipinski definition) is 0. The van der Waals surface area contributed by atoms with Gasteiger partial charge in [-0.25, -0.2) is 12.4 Å². The van der Waals surface area contributed by atoms with Crippen LogP contribution in [0.1, 0.15) is 31.3 Å². The molecule has 0 aliphatic rings. The van der Waals surface area contributed by atoms with Crippen LogP contribution < -0.4 is 0 Å². The SMILES string of the molecule is CC(=O)OC(OC(C)=O)c1cccc2c1ccn2S(=O)(=O)c1ccc(C)cc1. The number of aryl methyl sites for hydroxylation is 1. The average molecular weight is 401 g/mol. The first-order chi connectivity index (χ1) is 13.2. The standard InChI is InChI=1S/C20H19NO6S/c1-13-7-9-16(10-8-13)28(24,25)21-12-11-17-18(5-4-6-19(17)21)20(26-14(2)22)27-15(3)23/h4-12,20H,1-3H3. The van der Waals surface area contributed by atoms with Crippen LogP contribution >= 0.6 is 0 Å². The molecule has 0 aliphatic heterocycles. The lowest BCUT2D eigenvalue weighted by Gasteiger charge is -2.18. The molecule has 3 aromatic rings. The Labute approximate surface area is 162 Å². The molecule has 3 rings (SSSR count). The largest absolute Gasteiger partial charge is 0.421 e. The van der Waals surface area contributed by atoms with E-state index in [1.807, 2.05) is 6.92 Å². The molecule has 0 saturated heterocycles. The van der Waals surface area contributed by atoms with Crippen molar-refractivity contribution in [2.24, 2.45) is 0 Å². The Bertz CT molecular complexity index is 1130. The maximum atomic E-state index is 13.0. The van der Waals surface area contributed by atoms with E-state index in [0.29, 0.717) is 16.5 Å². The summed E-state index contributed by atoms with van der Waals surface area (Å²) in [5.74, 6) is -1.26. The highest BCUT2D eigenvalue weighted by atomic mass is 32.2. The Morgan fingerprint density at radius 1 is 0.929 bits per heavy atom. The maximum absolute atomic E-state index is 13.0. The molecular formula is C20H19NO6S. The molecule has 0 bridgehead atoms. The van der Waals surface area contributed by atoms with Crippen molar-refractivity contribution in [1.82, 2.24) is 3.97 Å². The molecule has 0 N–H and O–H groups in total. The number of aromatic nitrogens is 1. The van der Waals surface area contributed by atoms with Crippen LogP contribution in [0.25, 0.3) is 10.9 Å². The average Bonchev–Trinajstić information content (AvgIpc) is 3.05. The predicted molar refractivity (Wildman–Crippen MR) is 102 cm³/mol. The van der Waals surface area contributed by atoms with E-state index in [4.69, 9.17) is 9.47 Å². The smallest absolute Gasteiger partial charge is 0.305 e. The van der Waals surface area contributed by atoms with Crippen LogP contribution in [0.5, 0.6) is 0 Å². The quantitative estimate of drug-likeness (QED) is 0.481. The Morgan fingerprint density at radius 3 is 2.11 bits per heavy atom. The molecule has 2 aromatic carbocycles. The number of nitrogens with zero attached hydrogens (tertiary/aromatic N) is 1. The number of carbonyl (C=O) groups is 2. The Hall–Kier alpha value is -3.13. The summed E-state index contributed by atoms with van der Waals surface area (Å²) in [5, 5.41) is 0.491. The zero-order valence-corrected chi connectivity index (χ0v) is 16.4. The molecule has 146 valence electrons. The summed E-state index contributed by atoms with van der Waals surface area (Å²) in [6.45, 7) is 4.27.